The van der Waals surface area contributed by atoms with Crippen LogP contribution in [0.2, 0.25) is 0 Å². The molecule has 0 radical (unpaired) electrons. The van der Waals surface area contributed by atoms with E-state index in [1.165, 1.54) is 0 Å². The third-order valence-electron chi connectivity index (χ3n) is 4.69. The fraction of sp³-hybridized carbons (Fsp3) is 0.217. The van der Waals surface area contributed by atoms with Crippen molar-refractivity contribution in [2.75, 3.05) is 0 Å². The second-order valence-electron chi connectivity index (χ2n) is 6.72. The Morgan fingerprint density at radius 2 is 1.21 bits per heavy atom. The van der Waals surface area contributed by atoms with Gasteiger partial charge in [0.1, 0.15) is 0 Å². The zero-order valence-electron chi connectivity index (χ0n) is 15.3. The van der Waals surface area contributed by atoms with Crippen molar-refractivity contribution in [3.05, 3.63) is 94.3 Å². The van der Waals surface area contributed by atoms with Gasteiger partial charge in [-0.15, -0.1) is 0 Å². The van der Waals surface area contributed by atoms with E-state index in [2.05, 4.69) is 0 Å². The summed E-state index contributed by atoms with van der Waals surface area (Å²) >= 11 is 0. The summed E-state index contributed by atoms with van der Waals surface area (Å²) in [5, 5.41) is 0. The first kappa shape index (κ1) is 20.1. The first-order valence-electron chi connectivity index (χ1n) is 9.10. The lowest BCUT2D eigenvalue weighted by Gasteiger charge is -2.09. The van der Waals surface area contributed by atoms with Crippen LogP contribution in [0.5, 0.6) is 0 Å². The van der Waals surface area contributed by atoms with Crippen LogP contribution in [0.15, 0.2) is 48.5 Å². The molecule has 0 aliphatic carbocycles. The van der Waals surface area contributed by atoms with Crippen molar-refractivity contribution < 1.29 is 22.0 Å². The van der Waals surface area contributed by atoms with Gasteiger partial charge >= 0.3 is 0 Å². The van der Waals surface area contributed by atoms with Gasteiger partial charge in [0.15, 0.2) is 29.1 Å². The SMILES string of the molecule is CCCc1ccc(-c2ccc(CCc3cc(F)c(F)c(F)c3)cc2)c(F)c1F. The molecule has 0 aliphatic rings. The fourth-order valence-electron chi connectivity index (χ4n) is 3.17. The molecule has 0 saturated carbocycles. The summed E-state index contributed by atoms with van der Waals surface area (Å²) in [6, 6.07) is 12.0. The van der Waals surface area contributed by atoms with Gasteiger partial charge in [-0.25, -0.2) is 22.0 Å². The molecule has 0 fully saturated rings. The van der Waals surface area contributed by atoms with Crippen LogP contribution >= 0.6 is 0 Å². The zero-order chi connectivity index (χ0) is 20.3. The molecule has 0 N–H and O–H groups in total. The number of hydrogen-bond acceptors (Lipinski definition) is 0. The van der Waals surface area contributed by atoms with E-state index < -0.39 is 29.1 Å². The van der Waals surface area contributed by atoms with E-state index in [0.29, 0.717) is 36.0 Å². The molecule has 5 heteroatoms. The number of hydrogen-bond donors (Lipinski definition) is 0. The van der Waals surface area contributed by atoms with Crippen LogP contribution in [0, 0.1) is 29.1 Å². The zero-order valence-corrected chi connectivity index (χ0v) is 15.3. The van der Waals surface area contributed by atoms with Crippen molar-refractivity contribution in [1.82, 2.24) is 0 Å². The molecule has 0 atom stereocenters. The van der Waals surface area contributed by atoms with E-state index in [0.717, 1.165) is 24.1 Å². The minimum absolute atomic E-state index is 0.187. The summed E-state index contributed by atoms with van der Waals surface area (Å²) in [5.74, 6) is -5.59. The Kier molecular flexibility index (Phi) is 6.12. The average molecular weight is 390 g/mol. The molecule has 146 valence electrons. The summed E-state index contributed by atoms with van der Waals surface area (Å²) in [6.07, 6.45) is 2.00. The van der Waals surface area contributed by atoms with Crippen molar-refractivity contribution >= 4 is 0 Å². The predicted octanol–water partition coefficient (Wildman–Crippen LogP) is 6.79. The largest absolute Gasteiger partial charge is 0.204 e. The quantitative estimate of drug-likeness (QED) is 0.321. The highest BCUT2D eigenvalue weighted by Crippen LogP contribution is 2.27. The molecule has 0 unspecified atom stereocenters. The lowest BCUT2D eigenvalue weighted by atomic mass is 9.98. The molecule has 0 saturated heterocycles. The van der Waals surface area contributed by atoms with Gasteiger partial charge in [-0.05, 0) is 53.6 Å². The second kappa shape index (κ2) is 8.55. The monoisotopic (exact) mass is 390 g/mol. The maximum atomic E-state index is 14.4. The number of halogens is 5. The molecular weight excluding hydrogens is 371 g/mol. The Morgan fingerprint density at radius 3 is 1.82 bits per heavy atom. The molecule has 3 aromatic rings. The first-order chi connectivity index (χ1) is 13.4. The Bertz CT molecular complexity index is 954. The van der Waals surface area contributed by atoms with E-state index in [1.807, 2.05) is 6.92 Å². The number of benzene rings is 3. The van der Waals surface area contributed by atoms with Crippen molar-refractivity contribution in [3.8, 4) is 11.1 Å². The van der Waals surface area contributed by atoms with Gasteiger partial charge in [-0.2, -0.15) is 0 Å². The van der Waals surface area contributed by atoms with Crippen molar-refractivity contribution in [2.24, 2.45) is 0 Å². The van der Waals surface area contributed by atoms with Gasteiger partial charge in [-0.3, -0.25) is 0 Å². The average Bonchev–Trinajstić information content (AvgIpc) is 2.69. The lowest BCUT2D eigenvalue weighted by Crippen LogP contribution is -1.98. The van der Waals surface area contributed by atoms with Crippen LogP contribution in [0.25, 0.3) is 11.1 Å². The molecule has 3 rings (SSSR count). The molecule has 3 aromatic carbocycles. The minimum Gasteiger partial charge on any atom is -0.204 e. The molecule has 0 spiro atoms. The molecule has 0 amide bonds. The molecular formula is C23H19F5. The van der Waals surface area contributed by atoms with E-state index in [4.69, 9.17) is 0 Å². The van der Waals surface area contributed by atoms with Gasteiger partial charge in [0.2, 0.25) is 0 Å². The second-order valence-corrected chi connectivity index (χ2v) is 6.72. The Balaban J connectivity index is 1.74. The topological polar surface area (TPSA) is 0 Å². The van der Waals surface area contributed by atoms with E-state index >= 15 is 0 Å². The van der Waals surface area contributed by atoms with Crippen LogP contribution < -0.4 is 0 Å². The van der Waals surface area contributed by atoms with E-state index in [-0.39, 0.29) is 5.56 Å². The maximum absolute atomic E-state index is 14.4. The van der Waals surface area contributed by atoms with Gasteiger partial charge in [0.25, 0.3) is 0 Å². The smallest absolute Gasteiger partial charge is 0.194 e. The van der Waals surface area contributed by atoms with E-state index in [9.17, 15) is 22.0 Å². The highest BCUT2D eigenvalue weighted by molar-refractivity contribution is 5.65. The van der Waals surface area contributed by atoms with Gasteiger partial charge in [0, 0.05) is 5.56 Å². The first-order valence-corrected chi connectivity index (χ1v) is 9.10. The highest BCUT2D eigenvalue weighted by Gasteiger charge is 2.14. The molecule has 0 bridgehead atoms. The van der Waals surface area contributed by atoms with Gasteiger partial charge in [-0.1, -0.05) is 49.7 Å². The normalized spacial score (nSPS) is 11.1. The Labute approximate surface area is 160 Å². The summed E-state index contributed by atoms with van der Waals surface area (Å²) in [6.45, 7) is 1.90. The third-order valence-corrected chi connectivity index (χ3v) is 4.69. The number of rotatable bonds is 6. The van der Waals surface area contributed by atoms with E-state index in [1.54, 1.807) is 36.4 Å². The van der Waals surface area contributed by atoms with Crippen LogP contribution in [0.3, 0.4) is 0 Å². The molecule has 0 nitrogen and oxygen atoms in total. The molecule has 0 aromatic heterocycles. The maximum Gasteiger partial charge on any atom is 0.194 e. The van der Waals surface area contributed by atoms with Crippen LogP contribution in [0.1, 0.15) is 30.0 Å². The van der Waals surface area contributed by atoms with Crippen LogP contribution in [-0.4, -0.2) is 0 Å². The Hall–Kier alpha value is -2.69. The fourth-order valence-corrected chi connectivity index (χ4v) is 3.17. The minimum atomic E-state index is -1.48. The molecule has 0 aliphatic heterocycles. The summed E-state index contributed by atoms with van der Waals surface area (Å²) < 4.78 is 68.1. The molecule has 0 heterocycles. The van der Waals surface area contributed by atoms with Gasteiger partial charge < -0.3 is 0 Å². The third kappa shape index (κ3) is 4.24. The summed E-state index contributed by atoms with van der Waals surface area (Å²) in [5.41, 5.74) is 2.30. The van der Waals surface area contributed by atoms with Crippen molar-refractivity contribution in [3.63, 3.8) is 0 Å². The lowest BCUT2D eigenvalue weighted by molar-refractivity contribution is 0.445. The number of aryl methyl sites for hydroxylation is 3. The summed E-state index contributed by atoms with van der Waals surface area (Å²) in [7, 11) is 0. The standard InChI is InChI=1S/C23H19F5/c1-2-3-17-10-11-18(22(27)21(17)26)16-8-6-14(7-9-16)4-5-15-12-19(24)23(28)20(25)13-15/h6-13H,2-5H2,1H3. The highest BCUT2D eigenvalue weighted by atomic mass is 19.2. The van der Waals surface area contributed by atoms with Crippen LogP contribution in [0.4, 0.5) is 22.0 Å². The summed E-state index contributed by atoms with van der Waals surface area (Å²) in [4.78, 5) is 0. The predicted molar refractivity (Wildman–Crippen MR) is 99.5 cm³/mol. The Morgan fingerprint density at radius 1 is 0.607 bits per heavy atom. The molecule has 28 heavy (non-hydrogen) atoms. The van der Waals surface area contributed by atoms with Gasteiger partial charge in [0.05, 0.1) is 0 Å². The van der Waals surface area contributed by atoms with Crippen LogP contribution in [-0.2, 0) is 19.3 Å². The van der Waals surface area contributed by atoms with Crippen molar-refractivity contribution in [1.29, 1.82) is 0 Å². The van der Waals surface area contributed by atoms with Crippen molar-refractivity contribution in [2.45, 2.75) is 32.6 Å².